The highest BCUT2D eigenvalue weighted by Crippen LogP contribution is 2.28. The summed E-state index contributed by atoms with van der Waals surface area (Å²) in [6, 6.07) is 4.58. The Labute approximate surface area is 127 Å². The molecule has 0 fully saturated rings. The summed E-state index contributed by atoms with van der Waals surface area (Å²) in [4.78, 5) is 7.87. The van der Waals surface area contributed by atoms with E-state index in [1.807, 2.05) is 26.2 Å². The normalized spacial score (nSPS) is 11.9. The average molecular weight is 322 g/mol. The second-order valence-electron chi connectivity index (χ2n) is 5.36. The van der Waals surface area contributed by atoms with Gasteiger partial charge in [-0.1, -0.05) is 20.8 Å². The first-order valence-corrected chi connectivity index (χ1v) is 8.44. The summed E-state index contributed by atoms with van der Waals surface area (Å²) in [6.45, 7) is 5.99. The monoisotopic (exact) mass is 322 g/mol. The highest BCUT2D eigenvalue weighted by molar-refractivity contribution is 7.93. The number of sulfonamides is 1. The number of thiazole rings is 1. The van der Waals surface area contributed by atoms with Gasteiger partial charge in [0, 0.05) is 17.0 Å². The van der Waals surface area contributed by atoms with Crippen molar-refractivity contribution in [2.75, 3.05) is 4.72 Å². The second-order valence-corrected chi connectivity index (χ2v) is 7.86. The molecule has 2 heterocycles. The molecule has 0 radical (unpaired) electrons. The lowest BCUT2D eigenvalue weighted by Crippen LogP contribution is -2.16. The first-order valence-electron chi connectivity index (χ1n) is 6.08. The number of nitrogens with one attached hydrogen (secondary N) is 1. The summed E-state index contributed by atoms with van der Waals surface area (Å²) in [5.74, 6) is 0. The Morgan fingerprint density at radius 2 is 2.10 bits per heavy atom. The van der Waals surface area contributed by atoms with E-state index in [0.717, 1.165) is 5.69 Å². The van der Waals surface area contributed by atoms with Gasteiger partial charge in [-0.3, -0.25) is 4.72 Å². The summed E-state index contributed by atoms with van der Waals surface area (Å²) in [5.41, 5.74) is 0.501. The lowest BCUT2D eigenvalue weighted by Gasteiger charge is -2.14. The standard InChI is InChI=1S/C13H14N4O2S2/c1-13(2,3)11-8-20-12(16-11)17-21(18,19)10-5-4-6-15-9(10)7-14/h4-6,8H,1-3H3,(H,16,17). The van der Waals surface area contributed by atoms with Gasteiger partial charge in [0.25, 0.3) is 10.0 Å². The van der Waals surface area contributed by atoms with Crippen LogP contribution in [0.2, 0.25) is 0 Å². The zero-order chi connectivity index (χ0) is 15.7. The lowest BCUT2D eigenvalue weighted by atomic mass is 9.93. The quantitative estimate of drug-likeness (QED) is 0.936. The highest BCUT2D eigenvalue weighted by atomic mass is 32.2. The van der Waals surface area contributed by atoms with Gasteiger partial charge in [0.15, 0.2) is 10.8 Å². The van der Waals surface area contributed by atoms with Gasteiger partial charge in [0.2, 0.25) is 0 Å². The summed E-state index contributed by atoms with van der Waals surface area (Å²) in [5, 5.41) is 11.0. The minimum Gasteiger partial charge on any atom is -0.255 e. The number of nitrogens with zero attached hydrogens (tertiary/aromatic N) is 3. The predicted molar refractivity (Wildman–Crippen MR) is 80.6 cm³/mol. The molecule has 0 amide bonds. The summed E-state index contributed by atoms with van der Waals surface area (Å²) in [7, 11) is -3.88. The third-order valence-electron chi connectivity index (χ3n) is 2.66. The van der Waals surface area contributed by atoms with Crippen LogP contribution < -0.4 is 4.72 Å². The number of hydrogen-bond donors (Lipinski definition) is 1. The van der Waals surface area contributed by atoms with Crippen LogP contribution in [0.5, 0.6) is 0 Å². The lowest BCUT2D eigenvalue weighted by molar-refractivity contribution is 0.573. The molecule has 2 aromatic rings. The Hall–Kier alpha value is -1.98. The van der Waals surface area contributed by atoms with Gasteiger partial charge in [0.05, 0.1) is 5.69 Å². The van der Waals surface area contributed by atoms with E-state index in [4.69, 9.17) is 5.26 Å². The van der Waals surface area contributed by atoms with Crippen LogP contribution in [-0.2, 0) is 15.4 Å². The molecular weight excluding hydrogens is 308 g/mol. The fourth-order valence-electron chi connectivity index (χ4n) is 1.53. The molecule has 21 heavy (non-hydrogen) atoms. The Morgan fingerprint density at radius 3 is 2.67 bits per heavy atom. The largest absolute Gasteiger partial charge is 0.266 e. The summed E-state index contributed by atoms with van der Waals surface area (Å²) in [6.07, 6.45) is 1.37. The fraction of sp³-hybridized carbons (Fsp3) is 0.308. The number of aromatic nitrogens is 2. The number of anilines is 1. The van der Waals surface area contributed by atoms with E-state index in [9.17, 15) is 8.42 Å². The van der Waals surface area contributed by atoms with Crippen LogP contribution in [0.3, 0.4) is 0 Å². The first kappa shape index (κ1) is 15.4. The van der Waals surface area contributed by atoms with Gasteiger partial charge in [-0.25, -0.2) is 18.4 Å². The van der Waals surface area contributed by atoms with E-state index in [2.05, 4.69) is 14.7 Å². The van der Waals surface area contributed by atoms with Crippen LogP contribution in [0, 0.1) is 11.3 Å². The molecule has 0 aliphatic rings. The van der Waals surface area contributed by atoms with Crippen LogP contribution in [-0.4, -0.2) is 18.4 Å². The van der Waals surface area contributed by atoms with Crippen molar-refractivity contribution in [3.05, 3.63) is 35.1 Å². The van der Waals surface area contributed by atoms with Crippen LogP contribution in [0.25, 0.3) is 0 Å². The van der Waals surface area contributed by atoms with Gasteiger partial charge < -0.3 is 0 Å². The van der Waals surface area contributed by atoms with E-state index < -0.39 is 10.0 Å². The molecule has 8 heteroatoms. The van der Waals surface area contributed by atoms with Crippen LogP contribution >= 0.6 is 11.3 Å². The zero-order valence-corrected chi connectivity index (χ0v) is 13.4. The Bertz CT molecular complexity index is 798. The van der Waals surface area contributed by atoms with E-state index in [1.165, 1.54) is 29.7 Å². The molecule has 6 nitrogen and oxygen atoms in total. The highest BCUT2D eigenvalue weighted by Gasteiger charge is 2.23. The smallest absolute Gasteiger partial charge is 0.255 e. The van der Waals surface area contributed by atoms with Crippen LogP contribution in [0.15, 0.2) is 28.6 Å². The molecular formula is C13H14N4O2S2. The molecule has 0 aliphatic heterocycles. The van der Waals surface area contributed by atoms with E-state index in [0.29, 0.717) is 0 Å². The van der Waals surface area contributed by atoms with Crippen LogP contribution in [0.1, 0.15) is 32.2 Å². The van der Waals surface area contributed by atoms with Crippen molar-refractivity contribution in [2.45, 2.75) is 31.1 Å². The van der Waals surface area contributed by atoms with Crippen molar-refractivity contribution >= 4 is 26.5 Å². The third-order valence-corrected chi connectivity index (χ3v) is 4.92. The molecule has 0 saturated heterocycles. The number of hydrogen-bond acceptors (Lipinski definition) is 6. The maximum Gasteiger partial charge on any atom is 0.266 e. The molecule has 2 rings (SSSR count). The Kier molecular flexibility index (Phi) is 3.98. The van der Waals surface area contributed by atoms with E-state index in [1.54, 1.807) is 6.07 Å². The van der Waals surface area contributed by atoms with E-state index in [-0.39, 0.29) is 21.1 Å². The number of pyridine rings is 1. The molecule has 0 aromatic carbocycles. The topological polar surface area (TPSA) is 95.7 Å². The SMILES string of the molecule is CC(C)(C)c1csc(NS(=O)(=O)c2cccnc2C#N)n1. The van der Waals surface area contributed by atoms with Crippen molar-refractivity contribution in [2.24, 2.45) is 0 Å². The van der Waals surface area contributed by atoms with Gasteiger partial charge in [-0.05, 0) is 12.1 Å². The fourth-order valence-corrected chi connectivity index (χ4v) is 3.82. The predicted octanol–water partition coefficient (Wildman–Crippen LogP) is 2.51. The summed E-state index contributed by atoms with van der Waals surface area (Å²) < 4.78 is 27.0. The first-order chi connectivity index (χ1) is 9.74. The molecule has 1 N–H and O–H groups in total. The molecule has 110 valence electrons. The van der Waals surface area contributed by atoms with Gasteiger partial charge in [0.1, 0.15) is 11.0 Å². The van der Waals surface area contributed by atoms with Crippen molar-refractivity contribution in [3.8, 4) is 6.07 Å². The van der Waals surface area contributed by atoms with Crippen molar-refractivity contribution in [1.29, 1.82) is 5.26 Å². The average Bonchev–Trinajstić information content (AvgIpc) is 2.86. The minimum absolute atomic E-state index is 0.141. The molecule has 0 spiro atoms. The van der Waals surface area contributed by atoms with Gasteiger partial charge in [-0.15, -0.1) is 11.3 Å². The maximum absolute atomic E-state index is 12.3. The Morgan fingerprint density at radius 1 is 1.38 bits per heavy atom. The van der Waals surface area contributed by atoms with Crippen molar-refractivity contribution in [1.82, 2.24) is 9.97 Å². The molecule has 0 unspecified atom stereocenters. The molecule has 2 aromatic heterocycles. The van der Waals surface area contributed by atoms with Gasteiger partial charge in [-0.2, -0.15) is 5.26 Å². The number of nitriles is 1. The van der Waals surface area contributed by atoms with Crippen molar-refractivity contribution in [3.63, 3.8) is 0 Å². The van der Waals surface area contributed by atoms with Crippen LogP contribution in [0.4, 0.5) is 5.13 Å². The maximum atomic E-state index is 12.3. The Balaban J connectivity index is 2.34. The molecule has 0 saturated carbocycles. The minimum atomic E-state index is -3.88. The number of rotatable bonds is 3. The molecule has 0 atom stereocenters. The zero-order valence-electron chi connectivity index (χ0n) is 11.8. The van der Waals surface area contributed by atoms with Crippen molar-refractivity contribution < 1.29 is 8.42 Å². The van der Waals surface area contributed by atoms with Gasteiger partial charge >= 0.3 is 0 Å². The molecule has 0 bridgehead atoms. The second kappa shape index (κ2) is 5.42. The van der Waals surface area contributed by atoms with E-state index >= 15 is 0 Å². The summed E-state index contributed by atoms with van der Waals surface area (Å²) >= 11 is 1.21. The molecule has 0 aliphatic carbocycles. The third kappa shape index (κ3) is 3.37.